The van der Waals surface area contributed by atoms with Gasteiger partial charge in [-0.3, -0.25) is 19.3 Å². The Balaban J connectivity index is 1.81. The normalized spacial score (nSPS) is 13.8. The fourth-order valence-electron chi connectivity index (χ4n) is 4.00. The summed E-state index contributed by atoms with van der Waals surface area (Å²) >= 11 is 0. The zero-order valence-corrected chi connectivity index (χ0v) is 17.6. The van der Waals surface area contributed by atoms with Crippen molar-refractivity contribution in [2.24, 2.45) is 0 Å². The van der Waals surface area contributed by atoms with E-state index in [0.29, 0.717) is 34.9 Å². The second-order valence-corrected chi connectivity index (χ2v) is 7.25. The minimum absolute atomic E-state index is 0.246. The number of carboxylic acid groups (broad SMARTS) is 1. The highest BCUT2D eigenvalue weighted by Gasteiger charge is 2.43. The molecule has 3 aromatic rings. The summed E-state index contributed by atoms with van der Waals surface area (Å²) in [7, 11) is 1.50. The number of carboxylic acids is 1. The summed E-state index contributed by atoms with van der Waals surface area (Å²) in [5.74, 6) is -1.31. The predicted octanol–water partition coefficient (Wildman–Crippen LogP) is 3.90. The number of imide groups is 1. The first-order chi connectivity index (χ1) is 15.5. The number of benzene rings is 2. The lowest BCUT2D eigenvalue weighted by Crippen LogP contribution is -2.35. The SMILES string of the molecule is CCOc1cc(C(CC(=O)O)N2C(=O)c3cccc(-c4ccc[nH]4)c3C2=O)ccc1OC. The van der Waals surface area contributed by atoms with Crippen LogP contribution in [0.15, 0.2) is 54.7 Å². The summed E-state index contributed by atoms with van der Waals surface area (Å²) in [4.78, 5) is 42.6. The number of fused-ring (bicyclic) bond motifs is 1. The molecule has 2 heterocycles. The van der Waals surface area contributed by atoms with Gasteiger partial charge in [-0.25, -0.2) is 0 Å². The van der Waals surface area contributed by atoms with Crippen LogP contribution < -0.4 is 9.47 Å². The van der Waals surface area contributed by atoms with E-state index in [1.807, 2.05) is 13.0 Å². The molecule has 0 saturated carbocycles. The molecule has 1 aliphatic heterocycles. The number of amides is 2. The number of nitrogens with one attached hydrogen (secondary N) is 1. The van der Waals surface area contributed by atoms with Gasteiger partial charge in [0.15, 0.2) is 11.5 Å². The number of nitrogens with zero attached hydrogens (tertiary/aromatic N) is 1. The number of hydrogen-bond acceptors (Lipinski definition) is 5. The number of carbonyl (C=O) groups excluding carboxylic acids is 2. The van der Waals surface area contributed by atoms with Crippen molar-refractivity contribution in [1.82, 2.24) is 9.88 Å². The molecule has 1 atom stereocenters. The second-order valence-electron chi connectivity index (χ2n) is 7.25. The van der Waals surface area contributed by atoms with Crippen LogP contribution in [-0.4, -0.2) is 46.5 Å². The number of aromatic nitrogens is 1. The van der Waals surface area contributed by atoms with Gasteiger partial charge in [-0.1, -0.05) is 18.2 Å². The van der Waals surface area contributed by atoms with Gasteiger partial charge in [-0.15, -0.1) is 0 Å². The van der Waals surface area contributed by atoms with E-state index in [1.54, 1.807) is 48.7 Å². The molecule has 164 valence electrons. The molecular formula is C24H22N2O6. The monoisotopic (exact) mass is 434 g/mol. The minimum atomic E-state index is -1.13. The van der Waals surface area contributed by atoms with Crippen molar-refractivity contribution in [3.8, 4) is 22.8 Å². The molecule has 2 aromatic carbocycles. The third-order valence-corrected chi connectivity index (χ3v) is 5.39. The van der Waals surface area contributed by atoms with Crippen LogP contribution in [0.2, 0.25) is 0 Å². The van der Waals surface area contributed by atoms with Gasteiger partial charge in [-0.05, 0) is 42.8 Å². The van der Waals surface area contributed by atoms with Crippen LogP contribution in [0.4, 0.5) is 0 Å². The van der Waals surface area contributed by atoms with Crippen molar-refractivity contribution in [3.63, 3.8) is 0 Å². The number of carbonyl (C=O) groups is 3. The molecule has 2 amide bonds. The fourth-order valence-corrected chi connectivity index (χ4v) is 4.00. The molecule has 8 heteroatoms. The Labute approximate surface area is 184 Å². The van der Waals surface area contributed by atoms with Crippen LogP contribution in [0.1, 0.15) is 45.7 Å². The average molecular weight is 434 g/mol. The topological polar surface area (TPSA) is 109 Å². The highest BCUT2D eigenvalue weighted by atomic mass is 16.5. The molecule has 32 heavy (non-hydrogen) atoms. The molecule has 0 aliphatic carbocycles. The van der Waals surface area contributed by atoms with E-state index < -0.39 is 30.2 Å². The van der Waals surface area contributed by atoms with E-state index in [0.717, 1.165) is 4.90 Å². The summed E-state index contributed by atoms with van der Waals surface area (Å²) in [5, 5.41) is 9.56. The van der Waals surface area contributed by atoms with Crippen molar-refractivity contribution in [2.75, 3.05) is 13.7 Å². The molecule has 2 N–H and O–H groups in total. The Hall–Kier alpha value is -4.07. The van der Waals surface area contributed by atoms with Crippen LogP contribution in [0.25, 0.3) is 11.3 Å². The minimum Gasteiger partial charge on any atom is -0.493 e. The van der Waals surface area contributed by atoms with Crippen molar-refractivity contribution in [3.05, 3.63) is 71.4 Å². The van der Waals surface area contributed by atoms with E-state index >= 15 is 0 Å². The third kappa shape index (κ3) is 3.60. The number of rotatable bonds is 8. The molecule has 0 spiro atoms. The zero-order chi connectivity index (χ0) is 22.8. The van der Waals surface area contributed by atoms with E-state index in [-0.39, 0.29) is 11.1 Å². The summed E-state index contributed by atoms with van der Waals surface area (Å²) in [6.07, 6.45) is 1.29. The van der Waals surface area contributed by atoms with Crippen LogP contribution in [0.5, 0.6) is 11.5 Å². The highest BCUT2D eigenvalue weighted by molar-refractivity contribution is 6.24. The number of ether oxygens (including phenoxy) is 2. The van der Waals surface area contributed by atoms with Crippen molar-refractivity contribution >= 4 is 17.8 Å². The maximum Gasteiger partial charge on any atom is 0.305 e. The molecule has 1 unspecified atom stereocenters. The number of H-pyrrole nitrogens is 1. The van der Waals surface area contributed by atoms with E-state index in [1.165, 1.54) is 7.11 Å². The Bertz CT molecular complexity index is 1190. The van der Waals surface area contributed by atoms with Crippen molar-refractivity contribution in [2.45, 2.75) is 19.4 Å². The molecule has 1 aliphatic rings. The first-order valence-electron chi connectivity index (χ1n) is 10.1. The highest BCUT2D eigenvalue weighted by Crippen LogP contribution is 2.39. The quantitative estimate of drug-likeness (QED) is 0.521. The maximum atomic E-state index is 13.5. The van der Waals surface area contributed by atoms with Crippen molar-refractivity contribution in [1.29, 1.82) is 0 Å². The molecule has 4 rings (SSSR count). The summed E-state index contributed by atoms with van der Waals surface area (Å²) in [6, 6.07) is 12.5. The smallest absolute Gasteiger partial charge is 0.305 e. The van der Waals surface area contributed by atoms with E-state index in [4.69, 9.17) is 9.47 Å². The first-order valence-corrected chi connectivity index (χ1v) is 10.1. The van der Waals surface area contributed by atoms with E-state index in [2.05, 4.69) is 4.98 Å². The molecule has 0 radical (unpaired) electrons. The van der Waals surface area contributed by atoms with Gasteiger partial charge in [-0.2, -0.15) is 0 Å². The summed E-state index contributed by atoms with van der Waals surface area (Å²) in [6.45, 7) is 2.18. The van der Waals surface area contributed by atoms with Gasteiger partial charge in [0.1, 0.15) is 0 Å². The molecule has 0 fully saturated rings. The first kappa shape index (κ1) is 21.2. The molecular weight excluding hydrogens is 412 g/mol. The van der Waals surface area contributed by atoms with Crippen LogP contribution in [-0.2, 0) is 4.79 Å². The zero-order valence-electron chi connectivity index (χ0n) is 17.6. The van der Waals surface area contributed by atoms with Gasteiger partial charge in [0.25, 0.3) is 11.8 Å². The Morgan fingerprint density at radius 3 is 2.50 bits per heavy atom. The predicted molar refractivity (Wildman–Crippen MR) is 116 cm³/mol. The van der Waals surface area contributed by atoms with Crippen LogP contribution in [0.3, 0.4) is 0 Å². The van der Waals surface area contributed by atoms with Gasteiger partial charge in [0, 0.05) is 17.5 Å². The van der Waals surface area contributed by atoms with Gasteiger partial charge < -0.3 is 19.6 Å². The average Bonchev–Trinajstić information content (AvgIpc) is 3.40. The molecule has 0 bridgehead atoms. The van der Waals surface area contributed by atoms with Crippen molar-refractivity contribution < 1.29 is 29.0 Å². The standard InChI is InChI=1S/C24H22N2O6/c1-3-32-20-12-14(9-10-19(20)31-2)18(13-21(27)28)26-23(29)16-7-4-6-15(22(16)24(26)30)17-8-5-11-25-17/h4-12,18,25H,3,13H2,1-2H3,(H,27,28). The van der Waals surface area contributed by atoms with Gasteiger partial charge in [0.05, 0.1) is 37.3 Å². The lowest BCUT2D eigenvalue weighted by atomic mass is 10.00. The number of aromatic amines is 1. The lowest BCUT2D eigenvalue weighted by Gasteiger charge is -2.26. The Morgan fingerprint density at radius 2 is 1.84 bits per heavy atom. The maximum absolute atomic E-state index is 13.5. The van der Waals surface area contributed by atoms with E-state index in [9.17, 15) is 19.5 Å². The second kappa shape index (κ2) is 8.58. The molecule has 0 saturated heterocycles. The third-order valence-electron chi connectivity index (χ3n) is 5.39. The summed E-state index contributed by atoms with van der Waals surface area (Å²) in [5.41, 5.74) is 2.26. The molecule has 1 aromatic heterocycles. The Kier molecular flexibility index (Phi) is 5.68. The fraction of sp³-hybridized carbons (Fsp3) is 0.208. The van der Waals surface area contributed by atoms with Gasteiger partial charge in [0.2, 0.25) is 0 Å². The van der Waals surface area contributed by atoms with Crippen LogP contribution >= 0.6 is 0 Å². The Morgan fingerprint density at radius 1 is 1.06 bits per heavy atom. The van der Waals surface area contributed by atoms with Gasteiger partial charge >= 0.3 is 5.97 Å². The van der Waals surface area contributed by atoms with Crippen LogP contribution in [0, 0.1) is 0 Å². The summed E-state index contributed by atoms with van der Waals surface area (Å²) < 4.78 is 10.9. The molecule has 8 nitrogen and oxygen atoms in total. The largest absolute Gasteiger partial charge is 0.493 e. The number of hydrogen-bond donors (Lipinski definition) is 2. The number of aliphatic carboxylic acids is 1. The lowest BCUT2D eigenvalue weighted by molar-refractivity contribution is -0.138. The number of methoxy groups -OCH3 is 1.